The van der Waals surface area contributed by atoms with Crippen molar-refractivity contribution >= 4 is 17.3 Å². The van der Waals surface area contributed by atoms with Gasteiger partial charge in [-0.3, -0.25) is 14.9 Å². The van der Waals surface area contributed by atoms with Gasteiger partial charge < -0.3 is 14.8 Å². The summed E-state index contributed by atoms with van der Waals surface area (Å²) in [5.74, 6) is 0.0860. The lowest BCUT2D eigenvalue weighted by Crippen LogP contribution is -2.26. The lowest BCUT2D eigenvalue weighted by molar-refractivity contribution is -0.384. The smallest absolute Gasteiger partial charge is 0.278 e. The second kappa shape index (κ2) is 9.56. The van der Waals surface area contributed by atoms with Crippen molar-refractivity contribution in [1.82, 2.24) is 15.0 Å². The number of carbonyl (C=O) groups is 1. The highest BCUT2D eigenvalue weighted by atomic mass is 16.6. The van der Waals surface area contributed by atoms with E-state index in [1.807, 2.05) is 6.07 Å². The first-order valence-electron chi connectivity index (χ1n) is 10.3. The fraction of sp³-hybridized carbons (Fsp3) is 0.318. The summed E-state index contributed by atoms with van der Waals surface area (Å²) >= 11 is 0. The third-order valence-corrected chi connectivity index (χ3v) is 5.23. The number of nitro groups is 1. The second-order valence-corrected chi connectivity index (χ2v) is 7.46. The number of hydrogen-bond donors (Lipinski definition) is 1. The van der Waals surface area contributed by atoms with Crippen molar-refractivity contribution in [3.63, 3.8) is 0 Å². The van der Waals surface area contributed by atoms with Crippen LogP contribution in [0.15, 0.2) is 48.5 Å². The summed E-state index contributed by atoms with van der Waals surface area (Å²) in [4.78, 5) is 23.5. The molecule has 32 heavy (non-hydrogen) atoms. The summed E-state index contributed by atoms with van der Waals surface area (Å²) in [6.07, 6.45) is 3.18. The highest BCUT2D eigenvalue weighted by molar-refractivity contribution is 6.04. The Kier molecular flexibility index (Phi) is 6.41. The Morgan fingerprint density at radius 3 is 2.91 bits per heavy atom. The highest BCUT2D eigenvalue weighted by Gasteiger charge is 2.20. The Labute approximate surface area is 184 Å². The van der Waals surface area contributed by atoms with Gasteiger partial charge in [0.15, 0.2) is 5.69 Å². The number of nitrogens with one attached hydrogen (secondary N) is 1. The monoisotopic (exact) mass is 437 g/mol. The number of non-ortho nitro benzene ring substituents is 1. The second-order valence-electron chi connectivity index (χ2n) is 7.46. The predicted octanol–water partition coefficient (Wildman–Crippen LogP) is 3.68. The van der Waals surface area contributed by atoms with E-state index in [0.717, 1.165) is 25.9 Å². The molecule has 1 fully saturated rings. The quantitative estimate of drug-likeness (QED) is 0.442. The Balaban J connectivity index is 1.49. The Bertz CT molecular complexity index is 1120. The van der Waals surface area contributed by atoms with Crippen molar-refractivity contribution in [1.29, 1.82) is 0 Å². The van der Waals surface area contributed by atoms with E-state index in [9.17, 15) is 14.9 Å². The van der Waals surface area contributed by atoms with Crippen molar-refractivity contribution in [3.8, 4) is 11.4 Å². The summed E-state index contributed by atoms with van der Waals surface area (Å²) < 4.78 is 13.0. The predicted molar refractivity (Wildman–Crippen MR) is 116 cm³/mol. The molecular weight excluding hydrogens is 414 g/mol. The molecule has 166 valence electrons. The minimum Gasteiger partial charge on any atom is -0.489 e. The highest BCUT2D eigenvalue weighted by Crippen LogP contribution is 2.26. The minimum absolute atomic E-state index is 0.0459. The molecule has 2 aromatic carbocycles. The summed E-state index contributed by atoms with van der Waals surface area (Å²) in [5.41, 5.74) is 1.45. The molecule has 0 saturated carbocycles. The molecule has 1 aliphatic heterocycles. The topological polar surface area (TPSA) is 121 Å². The fourth-order valence-electron chi connectivity index (χ4n) is 3.52. The zero-order valence-electron chi connectivity index (χ0n) is 17.6. The number of ether oxygens (including phenoxy) is 2. The Morgan fingerprint density at radius 2 is 2.12 bits per heavy atom. The van der Waals surface area contributed by atoms with Crippen LogP contribution in [0.2, 0.25) is 0 Å². The number of carbonyl (C=O) groups excluding carboxylic acids is 1. The molecule has 0 bridgehead atoms. The molecule has 1 unspecified atom stereocenters. The third-order valence-electron chi connectivity index (χ3n) is 5.23. The van der Waals surface area contributed by atoms with Crippen LogP contribution in [0.4, 0.5) is 11.4 Å². The van der Waals surface area contributed by atoms with Crippen molar-refractivity contribution in [2.45, 2.75) is 32.3 Å². The van der Waals surface area contributed by atoms with Gasteiger partial charge in [0.1, 0.15) is 12.4 Å². The van der Waals surface area contributed by atoms with E-state index < -0.39 is 10.8 Å². The van der Waals surface area contributed by atoms with Crippen LogP contribution in [0, 0.1) is 17.0 Å². The molecule has 0 spiro atoms. The zero-order chi connectivity index (χ0) is 22.5. The van der Waals surface area contributed by atoms with E-state index in [1.165, 1.54) is 16.8 Å². The van der Waals surface area contributed by atoms with Crippen LogP contribution in [0.1, 0.15) is 35.4 Å². The van der Waals surface area contributed by atoms with E-state index >= 15 is 0 Å². The molecule has 3 aromatic rings. The molecule has 1 N–H and O–H groups in total. The van der Waals surface area contributed by atoms with Gasteiger partial charge in [-0.25, -0.2) is 4.68 Å². The number of benzene rings is 2. The molecule has 1 aliphatic rings. The van der Waals surface area contributed by atoms with Gasteiger partial charge >= 0.3 is 0 Å². The first kappa shape index (κ1) is 21.4. The fourth-order valence-corrected chi connectivity index (χ4v) is 3.52. The zero-order valence-corrected chi connectivity index (χ0v) is 17.6. The molecule has 0 radical (unpaired) electrons. The lowest BCUT2D eigenvalue weighted by atomic mass is 10.1. The van der Waals surface area contributed by atoms with E-state index in [1.54, 1.807) is 37.3 Å². The molecule has 4 rings (SSSR count). The number of amides is 1. The van der Waals surface area contributed by atoms with Gasteiger partial charge in [0.2, 0.25) is 0 Å². The summed E-state index contributed by atoms with van der Waals surface area (Å²) in [5, 5.41) is 21.9. The normalized spacial score (nSPS) is 15.8. The van der Waals surface area contributed by atoms with E-state index in [2.05, 4.69) is 15.6 Å². The van der Waals surface area contributed by atoms with Crippen molar-refractivity contribution in [2.75, 3.05) is 18.5 Å². The molecule has 0 aliphatic carbocycles. The first-order chi connectivity index (χ1) is 15.5. The number of nitrogens with zero attached hydrogens (tertiary/aromatic N) is 4. The number of nitro benzene ring substituents is 1. The summed E-state index contributed by atoms with van der Waals surface area (Å²) in [6, 6.07) is 13.1. The van der Waals surface area contributed by atoms with Crippen LogP contribution in [0.5, 0.6) is 5.75 Å². The maximum atomic E-state index is 12.9. The largest absolute Gasteiger partial charge is 0.489 e. The number of aromatic nitrogens is 3. The molecule has 1 amide bonds. The molecule has 1 saturated heterocycles. The standard InChI is InChI=1S/C22H23N5O5/c1-15-21(24-25-26(15)16-7-6-8-17(13-16)27(29)30)22(28)23-19-10-2-3-11-20(19)32-14-18-9-4-5-12-31-18/h2-3,6-8,10-11,13,18H,4-5,9,12,14H2,1H3,(H,23,28). The van der Waals surface area contributed by atoms with Crippen LogP contribution in [-0.4, -0.2) is 45.1 Å². The van der Waals surface area contributed by atoms with Crippen LogP contribution in [0.25, 0.3) is 5.69 Å². The van der Waals surface area contributed by atoms with Gasteiger partial charge in [0.25, 0.3) is 11.6 Å². The Hall–Kier alpha value is -3.79. The molecule has 1 aromatic heterocycles. The number of rotatable bonds is 7. The average Bonchev–Trinajstić information content (AvgIpc) is 3.20. The van der Waals surface area contributed by atoms with E-state index in [4.69, 9.17) is 9.47 Å². The van der Waals surface area contributed by atoms with Gasteiger partial charge in [-0.1, -0.05) is 23.4 Å². The molecule has 2 heterocycles. The summed E-state index contributed by atoms with van der Waals surface area (Å²) in [7, 11) is 0. The van der Waals surface area contributed by atoms with Gasteiger partial charge in [0, 0.05) is 18.7 Å². The third kappa shape index (κ3) is 4.75. The summed E-state index contributed by atoms with van der Waals surface area (Å²) in [6.45, 7) is 2.83. The van der Waals surface area contributed by atoms with Crippen molar-refractivity contribution < 1.29 is 19.2 Å². The first-order valence-corrected chi connectivity index (χ1v) is 10.3. The van der Waals surface area contributed by atoms with Crippen molar-refractivity contribution in [2.24, 2.45) is 0 Å². The van der Waals surface area contributed by atoms with Crippen LogP contribution in [-0.2, 0) is 4.74 Å². The SMILES string of the molecule is Cc1c(C(=O)Nc2ccccc2OCC2CCCCO2)nnn1-c1cccc([N+](=O)[O-])c1. The molecule has 10 heteroatoms. The number of anilines is 1. The Morgan fingerprint density at radius 1 is 1.28 bits per heavy atom. The van der Waals surface area contributed by atoms with E-state index in [0.29, 0.717) is 29.4 Å². The number of para-hydroxylation sites is 2. The lowest BCUT2D eigenvalue weighted by Gasteiger charge is -2.23. The minimum atomic E-state index is -0.487. The van der Waals surface area contributed by atoms with Gasteiger partial charge in [-0.05, 0) is 44.4 Å². The van der Waals surface area contributed by atoms with Gasteiger partial charge in [-0.2, -0.15) is 0 Å². The van der Waals surface area contributed by atoms with Gasteiger partial charge in [-0.15, -0.1) is 5.10 Å². The van der Waals surface area contributed by atoms with Crippen molar-refractivity contribution in [3.05, 3.63) is 70.0 Å². The molecular formula is C22H23N5O5. The van der Waals surface area contributed by atoms with Crippen LogP contribution >= 0.6 is 0 Å². The molecule has 1 atom stereocenters. The maximum absolute atomic E-state index is 12.9. The van der Waals surface area contributed by atoms with Crippen LogP contribution in [0.3, 0.4) is 0 Å². The average molecular weight is 437 g/mol. The maximum Gasteiger partial charge on any atom is 0.278 e. The van der Waals surface area contributed by atoms with Crippen LogP contribution < -0.4 is 10.1 Å². The van der Waals surface area contributed by atoms with E-state index in [-0.39, 0.29) is 17.5 Å². The number of hydrogen-bond acceptors (Lipinski definition) is 7. The van der Waals surface area contributed by atoms with Gasteiger partial charge in [0.05, 0.1) is 28.1 Å². The molecule has 10 nitrogen and oxygen atoms in total.